The van der Waals surface area contributed by atoms with Crippen LogP contribution in [0.25, 0.3) is 0 Å². The van der Waals surface area contributed by atoms with Gasteiger partial charge in [-0.3, -0.25) is 0 Å². The first-order valence-electron chi connectivity index (χ1n) is 6.47. The maximum atomic E-state index is 3.49. The number of rotatable bonds is 10. The molecule has 0 heterocycles. The minimum absolute atomic E-state index is 0.707. The number of thioether (sulfide) groups is 1. The van der Waals surface area contributed by atoms with Crippen LogP contribution in [0.15, 0.2) is 0 Å². The van der Waals surface area contributed by atoms with E-state index in [-0.39, 0.29) is 0 Å². The Bertz CT molecular complexity index is 151. The fraction of sp³-hybridized carbons (Fsp3) is 1.00. The van der Waals surface area contributed by atoms with Crippen molar-refractivity contribution in [2.45, 2.75) is 39.7 Å². The molecule has 2 nitrogen and oxygen atoms in total. The molecule has 0 rings (SSSR count). The smallest absolute Gasteiger partial charge is 0.0154 e. The highest BCUT2D eigenvalue weighted by Gasteiger charge is 2.06. The summed E-state index contributed by atoms with van der Waals surface area (Å²) in [5.74, 6) is 2.01. The summed E-state index contributed by atoms with van der Waals surface area (Å²) in [6, 6.07) is 0.707. The Kier molecular flexibility index (Phi) is 10.6. The van der Waals surface area contributed by atoms with Gasteiger partial charge in [-0.2, -0.15) is 11.8 Å². The topological polar surface area (TPSA) is 15.3 Å². The zero-order valence-corrected chi connectivity index (χ0v) is 12.6. The fourth-order valence-electron chi connectivity index (χ4n) is 1.59. The summed E-state index contributed by atoms with van der Waals surface area (Å²) in [4.78, 5) is 2.47. The van der Waals surface area contributed by atoms with Gasteiger partial charge in [0, 0.05) is 11.8 Å². The number of hydrogen-bond donors (Lipinski definition) is 1. The van der Waals surface area contributed by atoms with Crippen molar-refractivity contribution in [1.82, 2.24) is 10.2 Å². The zero-order valence-electron chi connectivity index (χ0n) is 11.8. The lowest BCUT2D eigenvalue weighted by atomic mass is 10.2. The average Bonchev–Trinajstić information content (AvgIpc) is 2.22. The van der Waals surface area contributed by atoms with Crippen LogP contribution < -0.4 is 5.32 Å². The van der Waals surface area contributed by atoms with Crippen LogP contribution in [0.4, 0.5) is 0 Å². The highest BCUT2D eigenvalue weighted by atomic mass is 32.2. The molecule has 0 bridgehead atoms. The first kappa shape index (κ1) is 16.3. The number of hydrogen-bond acceptors (Lipinski definition) is 3. The molecule has 0 aromatic heterocycles. The van der Waals surface area contributed by atoms with Gasteiger partial charge < -0.3 is 10.2 Å². The lowest BCUT2D eigenvalue weighted by Gasteiger charge is -2.23. The van der Waals surface area contributed by atoms with E-state index in [2.05, 4.69) is 44.3 Å². The Balaban J connectivity index is 3.30. The molecule has 0 aromatic rings. The summed E-state index contributed by atoms with van der Waals surface area (Å²) >= 11 is 1.93. The monoisotopic (exact) mass is 246 g/mol. The SMILES string of the molecule is CSCC(C)N(C)CCCCNCC(C)C. The van der Waals surface area contributed by atoms with E-state index in [1.807, 2.05) is 11.8 Å². The molecular formula is C13H30N2S. The summed E-state index contributed by atoms with van der Waals surface area (Å²) in [7, 11) is 2.24. The Morgan fingerprint density at radius 2 is 1.88 bits per heavy atom. The molecule has 0 aliphatic carbocycles. The third-order valence-corrected chi connectivity index (χ3v) is 3.64. The maximum Gasteiger partial charge on any atom is 0.0154 e. The molecule has 0 aliphatic heterocycles. The summed E-state index contributed by atoms with van der Waals surface area (Å²) in [5.41, 5.74) is 0. The molecule has 1 unspecified atom stereocenters. The van der Waals surface area contributed by atoms with Crippen molar-refractivity contribution in [2.24, 2.45) is 5.92 Å². The molecule has 3 heteroatoms. The summed E-state index contributed by atoms with van der Waals surface area (Å²) in [5, 5.41) is 3.49. The van der Waals surface area contributed by atoms with Gasteiger partial charge in [0.1, 0.15) is 0 Å². The predicted molar refractivity (Wildman–Crippen MR) is 77.4 cm³/mol. The molecule has 0 amide bonds. The minimum Gasteiger partial charge on any atom is -0.316 e. The van der Waals surface area contributed by atoms with Crippen molar-refractivity contribution in [3.63, 3.8) is 0 Å². The first-order valence-corrected chi connectivity index (χ1v) is 7.87. The Labute approximate surface area is 107 Å². The van der Waals surface area contributed by atoms with E-state index in [4.69, 9.17) is 0 Å². The van der Waals surface area contributed by atoms with Crippen LogP contribution in [0.1, 0.15) is 33.6 Å². The third-order valence-electron chi connectivity index (χ3n) is 2.83. The van der Waals surface area contributed by atoms with Gasteiger partial charge in [0.15, 0.2) is 0 Å². The zero-order chi connectivity index (χ0) is 12.4. The van der Waals surface area contributed by atoms with E-state index < -0.39 is 0 Å². The predicted octanol–water partition coefficient (Wildman–Crippen LogP) is 2.70. The lowest BCUT2D eigenvalue weighted by molar-refractivity contribution is 0.271. The van der Waals surface area contributed by atoms with Crippen LogP contribution in [-0.2, 0) is 0 Å². The second-order valence-electron chi connectivity index (χ2n) is 5.09. The number of nitrogens with one attached hydrogen (secondary N) is 1. The molecule has 0 saturated heterocycles. The second kappa shape index (κ2) is 10.4. The van der Waals surface area contributed by atoms with Crippen LogP contribution in [-0.4, -0.2) is 49.6 Å². The van der Waals surface area contributed by atoms with Gasteiger partial charge in [0.25, 0.3) is 0 Å². The standard InChI is InChI=1S/C13H30N2S/c1-12(2)10-14-8-6-7-9-15(4)13(3)11-16-5/h12-14H,6-11H2,1-5H3. The van der Waals surface area contributed by atoms with Crippen molar-refractivity contribution >= 4 is 11.8 Å². The summed E-state index contributed by atoms with van der Waals surface area (Å²) < 4.78 is 0. The Morgan fingerprint density at radius 1 is 1.19 bits per heavy atom. The van der Waals surface area contributed by atoms with Crippen molar-refractivity contribution in [1.29, 1.82) is 0 Å². The molecule has 1 atom stereocenters. The molecule has 0 aliphatic rings. The van der Waals surface area contributed by atoms with Crippen molar-refractivity contribution in [3.05, 3.63) is 0 Å². The van der Waals surface area contributed by atoms with Gasteiger partial charge >= 0.3 is 0 Å². The van der Waals surface area contributed by atoms with Crippen LogP contribution >= 0.6 is 11.8 Å². The molecule has 0 fully saturated rings. The van der Waals surface area contributed by atoms with E-state index in [0.717, 1.165) is 12.5 Å². The van der Waals surface area contributed by atoms with Crippen LogP contribution in [0.3, 0.4) is 0 Å². The summed E-state index contributed by atoms with van der Waals surface area (Å²) in [6.07, 6.45) is 4.78. The van der Waals surface area contributed by atoms with Crippen LogP contribution in [0.2, 0.25) is 0 Å². The maximum absolute atomic E-state index is 3.49. The van der Waals surface area contributed by atoms with Gasteiger partial charge in [-0.25, -0.2) is 0 Å². The lowest BCUT2D eigenvalue weighted by Crippen LogP contribution is -2.32. The van der Waals surface area contributed by atoms with E-state index in [9.17, 15) is 0 Å². The molecule has 98 valence electrons. The van der Waals surface area contributed by atoms with Crippen molar-refractivity contribution < 1.29 is 0 Å². The Hall–Kier alpha value is 0.270. The average molecular weight is 246 g/mol. The number of unbranched alkanes of at least 4 members (excludes halogenated alkanes) is 1. The molecule has 0 aromatic carbocycles. The molecule has 0 spiro atoms. The Morgan fingerprint density at radius 3 is 2.44 bits per heavy atom. The summed E-state index contributed by atoms with van der Waals surface area (Å²) in [6.45, 7) is 10.4. The highest BCUT2D eigenvalue weighted by Crippen LogP contribution is 2.04. The van der Waals surface area contributed by atoms with E-state index in [1.165, 1.54) is 31.7 Å². The van der Waals surface area contributed by atoms with Gasteiger partial charge in [-0.15, -0.1) is 0 Å². The normalized spacial score (nSPS) is 13.7. The first-order chi connectivity index (χ1) is 7.57. The quantitative estimate of drug-likeness (QED) is 0.597. The molecular weight excluding hydrogens is 216 g/mol. The van der Waals surface area contributed by atoms with Gasteiger partial charge in [-0.1, -0.05) is 13.8 Å². The van der Waals surface area contributed by atoms with Crippen molar-refractivity contribution in [2.75, 3.05) is 38.7 Å². The van der Waals surface area contributed by atoms with Crippen LogP contribution in [0, 0.1) is 5.92 Å². The molecule has 1 N–H and O–H groups in total. The van der Waals surface area contributed by atoms with Crippen molar-refractivity contribution in [3.8, 4) is 0 Å². The van der Waals surface area contributed by atoms with Gasteiger partial charge in [-0.05, 0) is 58.6 Å². The van der Waals surface area contributed by atoms with E-state index in [0.29, 0.717) is 6.04 Å². The van der Waals surface area contributed by atoms with Crippen LogP contribution in [0.5, 0.6) is 0 Å². The van der Waals surface area contributed by atoms with Gasteiger partial charge in [0.05, 0.1) is 0 Å². The molecule has 0 saturated carbocycles. The molecule has 0 radical (unpaired) electrons. The fourth-order valence-corrected chi connectivity index (χ4v) is 2.33. The second-order valence-corrected chi connectivity index (χ2v) is 6.00. The van der Waals surface area contributed by atoms with E-state index in [1.54, 1.807) is 0 Å². The van der Waals surface area contributed by atoms with E-state index >= 15 is 0 Å². The largest absolute Gasteiger partial charge is 0.316 e. The third kappa shape index (κ3) is 9.49. The highest BCUT2D eigenvalue weighted by molar-refractivity contribution is 7.98. The van der Waals surface area contributed by atoms with Gasteiger partial charge in [0.2, 0.25) is 0 Å². The minimum atomic E-state index is 0.707. The number of nitrogens with zero attached hydrogens (tertiary/aromatic N) is 1. The molecule has 16 heavy (non-hydrogen) atoms.